The van der Waals surface area contributed by atoms with Gasteiger partial charge in [0.25, 0.3) is 0 Å². The Balaban J connectivity index is 2.03. The van der Waals surface area contributed by atoms with Gasteiger partial charge >= 0.3 is 0 Å². The molecule has 1 aliphatic rings. The fourth-order valence-corrected chi connectivity index (χ4v) is 4.37. The molecule has 0 spiro atoms. The van der Waals surface area contributed by atoms with E-state index in [-0.39, 0.29) is 0 Å². The van der Waals surface area contributed by atoms with Gasteiger partial charge in [-0.15, -0.1) is 0 Å². The van der Waals surface area contributed by atoms with Crippen LogP contribution in [-0.4, -0.2) is 12.6 Å². The van der Waals surface area contributed by atoms with E-state index in [0.29, 0.717) is 12.6 Å². The molecule has 0 radical (unpaired) electrons. The van der Waals surface area contributed by atoms with Crippen molar-refractivity contribution < 1.29 is 4.74 Å². The number of nitrogens with one attached hydrogen (secondary N) is 1. The van der Waals surface area contributed by atoms with Crippen LogP contribution in [0.4, 0.5) is 0 Å². The van der Waals surface area contributed by atoms with Crippen molar-refractivity contribution >= 4 is 31.9 Å². The topological polar surface area (TPSA) is 21.3 Å². The Bertz CT molecular complexity index is 444. The number of ether oxygens (including phenoxy) is 1. The van der Waals surface area contributed by atoms with Gasteiger partial charge in [0.15, 0.2) is 0 Å². The Morgan fingerprint density at radius 3 is 2.65 bits per heavy atom. The molecule has 1 aliphatic carbocycles. The Kier molecular flexibility index (Phi) is 6.37. The van der Waals surface area contributed by atoms with Gasteiger partial charge in [-0.3, -0.25) is 0 Å². The molecule has 1 aromatic rings. The highest BCUT2D eigenvalue weighted by molar-refractivity contribution is 9.11. The summed E-state index contributed by atoms with van der Waals surface area (Å²) in [6.45, 7) is 5.87. The van der Waals surface area contributed by atoms with Gasteiger partial charge in [-0.1, -0.05) is 28.8 Å². The lowest BCUT2D eigenvalue weighted by Gasteiger charge is -2.21. The van der Waals surface area contributed by atoms with Gasteiger partial charge in [0.05, 0.1) is 11.1 Å². The first kappa shape index (κ1) is 16.3. The summed E-state index contributed by atoms with van der Waals surface area (Å²) in [6, 6.07) is 4.75. The molecule has 0 aliphatic heterocycles. The molecule has 112 valence electrons. The number of hydrogen-bond acceptors (Lipinski definition) is 2. The number of hydrogen-bond donors (Lipinski definition) is 1. The highest BCUT2D eigenvalue weighted by atomic mass is 79.9. The summed E-state index contributed by atoms with van der Waals surface area (Å²) in [7, 11) is 0. The van der Waals surface area contributed by atoms with Crippen LogP contribution in [0.25, 0.3) is 0 Å². The van der Waals surface area contributed by atoms with Crippen molar-refractivity contribution in [1.82, 2.24) is 5.32 Å². The number of halogens is 2. The Hall–Kier alpha value is -0.0600. The summed E-state index contributed by atoms with van der Waals surface area (Å²) in [6.07, 6.45) is 5.52. The molecule has 0 aromatic heterocycles. The molecule has 0 heterocycles. The molecule has 1 fully saturated rings. The fourth-order valence-electron chi connectivity index (χ4n) is 2.95. The largest absolute Gasteiger partial charge is 0.492 e. The summed E-state index contributed by atoms with van der Waals surface area (Å²) in [5, 5.41) is 3.67. The predicted molar refractivity (Wildman–Crippen MR) is 91.3 cm³/mol. The highest BCUT2D eigenvalue weighted by Crippen LogP contribution is 2.33. The van der Waals surface area contributed by atoms with Crippen LogP contribution in [0.3, 0.4) is 0 Å². The smallest absolute Gasteiger partial charge is 0.138 e. The van der Waals surface area contributed by atoms with Crippen molar-refractivity contribution in [2.24, 2.45) is 5.92 Å². The maximum absolute atomic E-state index is 5.77. The molecule has 1 atom stereocenters. The van der Waals surface area contributed by atoms with Crippen LogP contribution in [0.1, 0.15) is 45.1 Å². The first-order valence-electron chi connectivity index (χ1n) is 7.46. The first-order valence-corrected chi connectivity index (χ1v) is 9.04. The average molecular weight is 405 g/mol. The van der Waals surface area contributed by atoms with Crippen LogP contribution < -0.4 is 10.1 Å². The van der Waals surface area contributed by atoms with Gasteiger partial charge < -0.3 is 10.1 Å². The van der Waals surface area contributed by atoms with Gasteiger partial charge in [0.2, 0.25) is 0 Å². The lowest BCUT2D eigenvalue weighted by molar-refractivity contribution is 0.329. The first-order chi connectivity index (χ1) is 9.61. The minimum Gasteiger partial charge on any atom is -0.492 e. The fraction of sp³-hybridized carbons (Fsp3) is 0.625. The van der Waals surface area contributed by atoms with Crippen LogP contribution in [0.15, 0.2) is 21.1 Å². The van der Waals surface area contributed by atoms with E-state index < -0.39 is 0 Å². The van der Waals surface area contributed by atoms with Crippen molar-refractivity contribution in [1.29, 1.82) is 0 Å². The van der Waals surface area contributed by atoms with E-state index in [2.05, 4.69) is 50.2 Å². The molecular formula is C16H23Br2NO. The van der Waals surface area contributed by atoms with Crippen molar-refractivity contribution in [3.8, 4) is 5.75 Å². The molecule has 1 saturated carbocycles. The van der Waals surface area contributed by atoms with Crippen LogP contribution >= 0.6 is 31.9 Å². The molecule has 1 unspecified atom stereocenters. The summed E-state index contributed by atoms with van der Waals surface area (Å²) in [4.78, 5) is 0. The normalized spacial score (nSPS) is 17.4. The quantitative estimate of drug-likeness (QED) is 0.696. The van der Waals surface area contributed by atoms with Gasteiger partial charge in [-0.2, -0.15) is 0 Å². The predicted octanol–water partition coefficient (Wildman–Crippen LogP) is 5.28. The standard InChI is InChI=1S/C16H23Br2NO/c1-3-20-16-13(8-14(17)9-15(16)18)10-19-11(2)12-6-4-5-7-12/h8-9,11-12,19H,3-7,10H2,1-2H3. The minimum atomic E-state index is 0.574. The molecule has 1 aromatic carbocycles. The van der Waals surface area contributed by atoms with Crippen LogP contribution in [0, 0.1) is 5.92 Å². The maximum Gasteiger partial charge on any atom is 0.138 e. The van der Waals surface area contributed by atoms with Crippen molar-refractivity contribution in [3.63, 3.8) is 0 Å². The molecule has 0 bridgehead atoms. The SMILES string of the molecule is CCOc1c(Br)cc(Br)cc1CNC(C)C1CCCC1. The van der Waals surface area contributed by atoms with Crippen LogP contribution in [0.5, 0.6) is 5.75 Å². The van der Waals surface area contributed by atoms with Crippen molar-refractivity contribution in [3.05, 3.63) is 26.6 Å². The number of rotatable bonds is 6. The van der Waals surface area contributed by atoms with Gasteiger partial charge in [0, 0.05) is 22.6 Å². The van der Waals surface area contributed by atoms with E-state index in [4.69, 9.17) is 4.74 Å². The zero-order valence-electron chi connectivity index (χ0n) is 12.2. The molecule has 2 rings (SSSR count). The zero-order valence-corrected chi connectivity index (χ0v) is 15.4. The third-order valence-corrected chi connectivity index (χ3v) is 5.14. The summed E-state index contributed by atoms with van der Waals surface area (Å²) in [5.41, 5.74) is 1.21. The Morgan fingerprint density at radius 2 is 2.00 bits per heavy atom. The third-order valence-electron chi connectivity index (χ3n) is 4.10. The monoisotopic (exact) mass is 403 g/mol. The van der Waals surface area contributed by atoms with Gasteiger partial charge in [0.1, 0.15) is 5.75 Å². The summed E-state index contributed by atoms with van der Waals surface area (Å²) in [5.74, 6) is 1.79. The minimum absolute atomic E-state index is 0.574. The molecule has 0 saturated heterocycles. The Morgan fingerprint density at radius 1 is 1.30 bits per heavy atom. The highest BCUT2D eigenvalue weighted by Gasteiger charge is 2.21. The lowest BCUT2D eigenvalue weighted by atomic mass is 9.99. The molecule has 0 amide bonds. The van der Waals surface area contributed by atoms with Crippen LogP contribution in [0.2, 0.25) is 0 Å². The van der Waals surface area contributed by atoms with Crippen LogP contribution in [-0.2, 0) is 6.54 Å². The van der Waals surface area contributed by atoms with E-state index in [9.17, 15) is 0 Å². The zero-order chi connectivity index (χ0) is 14.5. The molecule has 20 heavy (non-hydrogen) atoms. The molecule has 4 heteroatoms. The van der Waals surface area contributed by atoms with E-state index in [1.54, 1.807) is 0 Å². The maximum atomic E-state index is 5.77. The van der Waals surface area contributed by atoms with E-state index in [0.717, 1.165) is 27.2 Å². The average Bonchev–Trinajstić information content (AvgIpc) is 2.93. The molecule has 1 N–H and O–H groups in total. The lowest BCUT2D eigenvalue weighted by Crippen LogP contribution is -2.31. The number of benzene rings is 1. The summed E-state index contributed by atoms with van der Waals surface area (Å²) >= 11 is 7.15. The summed E-state index contributed by atoms with van der Waals surface area (Å²) < 4.78 is 7.87. The Labute approximate surface area is 138 Å². The van der Waals surface area contributed by atoms with E-state index in [1.165, 1.54) is 31.2 Å². The van der Waals surface area contributed by atoms with E-state index in [1.807, 2.05) is 13.0 Å². The van der Waals surface area contributed by atoms with Gasteiger partial charge in [-0.25, -0.2) is 0 Å². The van der Waals surface area contributed by atoms with Crippen molar-refractivity contribution in [2.45, 2.75) is 52.1 Å². The second-order valence-electron chi connectivity index (χ2n) is 5.52. The second-order valence-corrected chi connectivity index (χ2v) is 7.29. The molecule has 2 nitrogen and oxygen atoms in total. The second kappa shape index (κ2) is 7.81. The van der Waals surface area contributed by atoms with Crippen molar-refractivity contribution in [2.75, 3.05) is 6.61 Å². The van der Waals surface area contributed by atoms with E-state index >= 15 is 0 Å². The third kappa shape index (κ3) is 4.22. The molecular weight excluding hydrogens is 382 g/mol. The van der Waals surface area contributed by atoms with Gasteiger partial charge in [-0.05, 0) is 60.7 Å².